The number of aryl methyl sites for hydroxylation is 1. The molecule has 3 heterocycles. The number of aromatic amines is 1. The van der Waals surface area contributed by atoms with Crippen LogP contribution in [0.5, 0.6) is 0 Å². The van der Waals surface area contributed by atoms with Crippen LogP contribution in [-0.2, 0) is 0 Å². The molecule has 0 bridgehead atoms. The number of aromatic nitrogens is 6. The van der Waals surface area contributed by atoms with Crippen LogP contribution in [0.1, 0.15) is 5.82 Å². The molecule has 0 saturated heterocycles. The summed E-state index contributed by atoms with van der Waals surface area (Å²) >= 11 is 0. The number of nitrogens with two attached hydrogens (primary N) is 1. The Labute approximate surface area is 117 Å². The highest BCUT2D eigenvalue weighted by atomic mass is 16.1. The maximum Gasteiger partial charge on any atom is 0.349 e. The molecule has 4 rings (SSSR count). The molecule has 0 aliphatic carbocycles. The Hall–Kier alpha value is -3.16. The normalized spacial score (nSPS) is 11.5. The van der Waals surface area contributed by atoms with Crippen molar-refractivity contribution in [1.29, 1.82) is 0 Å². The average Bonchev–Trinajstić information content (AvgIpc) is 3.02. The van der Waals surface area contributed by atoms with E-state index in [0.717, 1.165) is 10.9 Å². The molecular weight excluding hydrogens is 270 g/mol. The highest BCUT2D eigenvalue weighted by Gasteiger charge is 2.11. The number of H-pyrrole nitrogens is 1. The predicted octanol–water partition coefficient (Wildman–Crippen LogP) is 0.647. The molecule has 0 radical (unpaired) electrons. The zero-order chi connectivity index (χ0) is 14.6. The van der Waals surface area contributed by atoms with Crippen molar-refractivity contribution in [3.8, 4) is 5.82 Å². The fourth-order valence-corrected chi connectivity index (χ4v) is 2.41. The van der Waals surface area contributed by atoms with Crippen molar-refractivity contribution in [3.63, 3.8) is 0 Å². The van der Waals surface area contributed by atoms with E-state index in [1.54, 1.807) is 23.9 Å². The monoisotopic (exact) mass is 281 g/mol. The van der Waals surface area contributed by atoms with Gasteiger partial charge < -0.3 is 5.73 Å². The van der Waals surface area contributed by atoms with E-state index >= 15 is 0 Å². The second-order valence-electron chi connectivity index (χ2n) is 4.76. The van der Waals surface area contributed by atoms with Gasteiger partial charge in [-0.3, -0.25) is 0 Å². The summed E-state index contributed by atoms with van der Waals surface area (Å²) in [6, 6.07) is 7.25. The summed E-state index contributed by atoms with van der Waals surface area (Å²) < 4.78 is 3.08. The Morgan fingerprint density at radius 3 is 3.00 bits per heavy atom. The largest absolute Gasteiger partial charge is 0.399 e. The van der Waals surface area contributed by atoms with Crippen LogP contribution >= 0.6 is 0 Å². The van der Waals surface area contributed by atoms with Gasteiger partial charge in [-0.15, -0.1) is 0 Å². The topological polar surface area (TPSA) is 107 Å². The molecule has 21 heavy (non-hydrogen) atoms. The smallest absolute Gasteiger partial charge is 0.349 e. The van der Waals surface area contributed by atoms with E-state index in [-0.39, 0.29) is 5.69 Å². The third-order valence-corrected chi connectivity index (χ3v) is 3.37. The summed E-state index contributed by atoms with van der Waals surface area (Å²) in [7, 11) is 0. The first-order valence-corrected chi connectivity index (χ1v) is 6.32. The third kappa shape index (κ3) is 1.62. The Balaban J connectivity index is 2.04. The van der Waals surface area contributed by atoms with E-state index in [9.17, 15) is 4.79 Å². The average molecular weight is 281 g/mol. The summed E-state index contributed by atoms with van der Waals surface area (Å²) in [6.07, 6.45) is 1.74. The number of hydrogen-bond acceptors (Lipinski definition) is 5. The van der Waals surface area contributed by atoms with Crippen LogP contribution in [0.3, 0.4) is 0 Å². The molecule has 0 spiro atoms. The van der Waals surface area contributed by atoms with Gasteiger partial charge in [-0.2, -0.15) is 10.2 Å². The zero-order valence-corrected chi connectivity index (χ0v) is 11.1. The Morgan fingerprint density at radius 2 is 2.14 bits per heavy atom. The number of fused-ring (bicyclic) bond motifs is 2. The van der Waals surface area contributed by atoms with Gasteiger partial charge in [0.15, 0.2) is 11.5 Å². The van der Waals surface area contributed by atoms with E-state index < -0.39 is 0 Å². The molecule has 4 aromatic rings. The fraction of sp³-hybridized carbons (Fsp3) is 0.0769. The molecule has 8 heteroatoms. The lowest BCUT2D eigenvalue weighted by molar-refractivity contribution is 0.838. The van der Waals surface area contributed by atoms with Gasteiger partial charge in [0.25, 0.3) is 0 Å². The number of anilines is 1. The predicted molar refractivity (Wildman–Crippen MR) is 77.4 cm³/mol. The SMILES string of the molecule is Cc1nc(-n2ncc3ccc(N)cc32)cc2n[nH]c(=O)n12. The van der Waals surface area contributed by atoms with Gasteiger partial charge in [-0.05, 0) is 25.1 Å². The highest BCUT2D eigenvalue weighted by molar-refractivity contribution is 5.83. The van der Waals surface area contributed by atoms with Gasteiger partial charge >= 0.3 is 5.69 Å². The minimum absolute atomic E-state index is 0.309. The lowest BCUT2D eigenvalue weighted by Crippen LogP contribution is -2.14. The quantitative estimate of drug-likeness (QED) is 0.498. The molecular formula is C13H11N7O. The van der Waals surface area contributed by atoms with Crippen molar-refractivity contribution in [3.05, 3.63) is 46.8 Å². The van der Waals surface area contributed by atoms with Gasteiger partial charge in [0, 0.05) is 17.1 Å². The zero-order valence-electron chi connectivity index (χ0n) is 11.1. The first kappa shape index (κ1) is 11.6. The molecule has 0 amide bonds. The summed E-state index contributed by atoms with van der Waals surface area (Å²) in [5.41, 5.74) is 7.52. The van der Waals surface area contributed by atoms with Crippen molar-refractivity contribution in [2.75, 3.05) is 5.73 Å². The minimum atomic E-state index is -0.309. The molecule has 0 unspecified atom stereocenters. The lowest BCUT2D eigenvalue weighted by Gasteiger charge is -2.05. The number of nitrogens with zero attached hydrogens (tertiary/aromatic N) is 5. The van der Waals surface area contributed by atoms with E-state index in [4.69, 9.17) is 5.73 Å². The minimum Gasteiger partial charge on any atom is -0.399 e. The van der Waals surface area contributed by atoms with Crippen LogP contribution in [0.15, 0.2) is 35.3 Å². The number of rotatable bonds is 1. The molecule has 1 aromatic carbocycles. The van der Waals surface area contributed by atoms with Crippen molar-refractivity contribution >= 4 is 22.2 Å². The Bertz CT molecular complexity index is 1040. The van der Waals surface area contributed by atoms with Crippen LogP contribution in [0.4, 0.5) is 5.69 Å². The van der Waals surface area contributed by atoms with Crippen molar-refractivity contribution in [2.24, 2.45) is 0 Å². The molecule has 0 fully saturated rings. The van der Waals surface area contributed by atoms with E-state index in [1.165, 1.54) is 4.40 Å². The first-order chi connectivity index (χ1) is 10.1. The van der Waals surface area contributed by atoms with Gasteiger partial charge in [0.1, 0.15) is 5.82 Å². The molecule has 0 saturated carbocycles. The van der Waals surface area contributed by atoms with Crippen LogP contribution < -0.4 is 11.4 Å². The Kier molecular flexibility index (Phi) is 2.17. The highest BCUT2D eigenvalue weighted by Crippen LogP contribution is 2.20. The number of nitrogens with one attached hydrogen (secondary N) is 1. The summed E-state index contributed by atoms with van der Waals surface area (Å²) in [5, 5.41) is 11.7. The Morgan fingerprint density at radius 1 is 1.29 bits per heavy atom. The second-order valence-corrected chi connectivity index (χ2v) is 4.76. The molecule has 3 N–H and O–H groups in total. The van der Waals surface area contributed by atoms with Crippen molar-refractivity contribution < 1.29 is 0 Å². The first-order valence-electron chi connectivity index (χ1n) is 6.32. The number of benzene rings is 1. The van der Waals surface area contributed by atoms with Crippen molar-refractivity contribution in [2.45, 2.75) is 6.92 Å². The summed E-state index contributed by atoms with van der Waals surface area (Å²) in [4.78, 5) is 16.0. The number of nitrogen functional groups attached to an aromatic ring is 1. The summed E-state index contributed by atoms with van der Waals surface area (Å²) in [6.45, 7) is 1.74. The fourth-order valence-electron chi connectivity index (χ4n) is 2.41. The standard InChI is InChI=1S/C13H11N7O/c1-7-16-11(5-12-17-18-13(21)19(7)12)20-10-4-9(14)3-2-8(10)6-15-20/h2-6H,14H2,1H3,(H,18,21). The number of hydrogen-bond donors (Lipinski definition) is 2. The van der Waals surface area contributed by atoms with Crippen LogP contribution in [-0.4, -0.2) is 29.4 Å². The van der Waals surface area contributed by atoms with Crippen LogP contribution in [0.2, 0.25) is 0 Å². The maximum atomic E-state index is 11.6. The van der Waals surface area contributed by atoms with E-state index in [1.807, 2.05) is 18.2 Å². The molecule has 0 aliphatic heterocycles. The van der Waals surface area contributed by atoms with Gasteiger partial charge in [-0.25, -0.2) is 24.0 Å². The molecule has 104 valence electrons. The van der Waals surface area contributed by atoms with Crippen molar-refractivity contribution in [1.82, 2.24) is 29.4 Å². The lowest BCUT2D eigenvalue weighted by atomic mass is 10.2. The van der Waals surface area contributed by atoms with Crippen LogP contribution in [0.25, 0.3) is 22.4 Å². The van der Waals surface area contributed by atoms with Gasteiger partial charge in [0.05, 0.1) is 11.7 Å². The molecule has 0 atom stereocenters. The van der Waals surface area contributed by atoms with E-state index in [0.29, 0.717) is 23.0 Å². The van der Waals surface area contributed by atoms with Gasteiger partial charge in [0.2, 0.25) is 0 Å². The molecule has 0 aliphatic rings. The van der Waals surface area contributed by atoms with Gasteiger partial charge in [-0.1, -0.05) is 0 Å². The van der Waals surface area contributed by atoms with E-state index in [2.05, 4.69) is 20.3 Å². The maximum absolute atomic E-state index is 11.6. The summed E-state index contributed by atoms with van der Waals surface area (Å²) in [5.74, 6) is 1.12. The van der Waals surface area contributed by atoms with Crippen LogP contribution in [0, 0.1) is 6.92 Å². The second kappa shape index (κ2) is 3.92. The molecule has 8 nitrogen and oxygen atoms in total. The third-order valence-electron chi connectivity index (χ3n) is 3.37. The molecule has 3 aromatic heterocycles.